The lowest BCUT2D eigenvalue weighted by atomic mass is 10.2. The first-order chi connectivity index (χ1) is 11.8. The molecule has 2 aromatic rings. The van der Waals surface area contributed by atoms with E-state index in [0.717, 1.165) is 24.0 Å². The summed E-state index contributed by atoms with van der Waals surface area (Å²) in [6.07, 6.45) is -3.58. The minimum absolute atomic E-state index is 0.153. The van der Waals surface area contributed by atoms with Gasteiger partial charge < -0.3 is 10.2 Å². The molecule has 2 heterocycles. The summed E-state index contributed by atoms with van der Waals surface area (Å²) in [6.45, 7) is -0.153. The zero-order valence-corrected chi connectivity index (χ0v) is 13.4. The topological polar surface area (TPSA) is 75.2 Å². The van der Waals surface area contributed by atoms with E-state index in [1.807, 2.05) is 0 Å². The number of rotatable bonds is 3. The number of alkyl halides is 3. The van der Waals surface area contributed by atoms with Crippen LogP contribution in [0.1, 0.15) is 5.69 Å². The Labute approximate surface area is 144 Å². The average molecular weight is 368 g/mol. The molecule has 0 bridgehead atoms. The van der Waals surface area contributed by atoms with Crippen molar-refractivity contribution in [2.24, 2.45) is 0 Å². The van der Waals surface area contributed by atoms with E-state index in [-0.39, 0.29) is 23.4 Å². The third kappa shape index (κ3) is 3.90. The number of hydrogen-bond acceptors (Lipinski definition) is 5. The van der Waals surface area contributed by atoms with Crippen LogP contribution < -0.4 is 10.2 Å². The molecule has 0 radical (unpaired) electrons. The number of para-hydroxylation sites is 2. The fourth-order valence-electron chi connectivity index (χ4n) is 2.23. The van der Waals surface area contributed by atoms with Crippen LogP contribution in [0.25, 0.3) is 0 Å². The molecule has 25 heavy (non-hydrogen) atoms. The van der Waals surface area contributed by atoms with Gasteiger partial charge in [-0.2, -0.15) is 13.2 Å². The number of nitrogens with one attached hydrogen (secondary N) is 1. The zero-order chi connectivity index (χ0) is 18.0. The van der Waals surface area contributed by atoms with Gasteiger partial charge in [0.2, 0.25) is 11.8 Å². The highest BCUT2D eigenvalue weighted by Gasteiger charge is 2.33. The van der Waals surface area contributed by atoms with Gasteiger partial charge in [-0.15, -0.1) is 0 Å². The van der Waals surface area contributed by atoms with Crippen LogP contribution in [0, 0.1) is 0 Å². The van der Waals surface area contributed by atoms with Crippen LogP contribution in [0.4, 0.5) is 24.5 Å². The molecule has 2 amide bonds. The molecule has 1 N–H and O–H groups in total. The molecule has 0 saturated heterocycles. The van der Waals surface area contributed by atoms with Gasteiger partial charge in [-0.1, -0.05) is 23.9 Å². The van der Waals surface area contributed by atoms with Crippen molar-refractivity contribution in [3.63, 3.8) is 0 Å². The first-order valence-corrected chi connectivity index (χ1v) is 8.05. The molecule has 1 aromatic heterocycles. The van der Waals surface area contributed by atoms with Crippen LogP contribution in [0.15, 0.2) is 41.7 Å². The molecule has 6 nitrogen and oxygen atoms in total. The number of carbonyl (C=O) groups excluding carboxylic acids is 2. The summed E-state index contributed by atoms with van der Waals surface area (Å²) < 4.78 is 37.9. The maximum Gasteiger partial charge on any atom is 0.433 e. The normalized spacial score (nSPS) is 14.0. The van der Waals surface area contributed by atoms with Crippen molar-refractivity contribution in [3.05, 3.63) is 42.2 Å². The SMILES string of the molecule is O=C1CN(C(=O)CSc2nccc(C(F)(F)F)n2)c2ccccc2N1. The standard InChI is InChI=1S/C15H11F3N4O2S/c16-15(17,18)11-5-6-19-14(21-11)25-8-13(24)22-7-12(23)20-9-3-1-2-4-10(9)22/h1-6H,7-8H2,(H,20,23). The summed E-state index contributed by atoms with van der Waals surface area (Å²) in [7, 11) is 0. The predicted octanol–water partition coefficient (Wildman–Crippen LogP) is 2.57. The monoisotopic (exact) mass is 368 g/mol. The minimum atomic E-state index is -4.58. The highest BCUT2D eigenvalue weighted by molar-refractivity contribution is 7.99. The average Bonchev–Trinajstić information content (AvgIpc) is 2.58. The number of anilines is 2. The summed E-state index contributed by atoms with van der Waals surface area (Å²) in [5, 5.41) is 2.50. The molecule has 0 saturated carbocycles. The van der Waals surface area contributed by atoms with Crippen LogP contribution in [-0.4, -0.2) is 34.1 Å². The zero-order valence-electron chi connectivity index (χ0n) is 12.6. The third-order valence-corrected chi connectivity index (χ3v) is 4.17. The van der Waals surface area contributed by atoms with E-state index in [9.17, 15) is 22.8 Å². The van der Waals surface area contributed by atoms with Crippen molar-refractivity contribution in [2.45, 2.75) is 11.3 Å². The van der Waals surface area contributed by atoms with E-state index in [2.05, 4.69) is 15.3 Å². The van der Waals surface area contributed by atoms with E-state index < -0.39 is 17.8 Å². The lowest BCUT2D eigenvalue weighted by Crippen LogP contribution is -2.43. The molecule has 0 atom stereocenters. The summed E-state index contributed by atoms with van der Waals surface area (Å²) in [5.74, 6) is -0.955. The largest absolute Gasteiger partial charge is 0.433 e. The molecule has 130 valence electrons. The number of thioether (sulfide) groups is 1. The lowest BCUT2D eigenvalue weighted by molar-refractivity contribution is -0.141. The Bertz CT molecular complexity index is 828. The summed E-state index contributed by atoms with van der Waals surface area (Å²) in [5.41, 5.74) is -0.0229. The molecule has 1 aliphatic heterocycles. The summed E-state index contributed by atoms with van der Waals surface area (Å²) >= 11 is 0.783. The van der Waals surface area contributed by atoms with Crippen molar-refractivity contribution in [1.29, 1.82) is 0 Å². The molecular formula is C15H11F3N4O2S. The number of hydrogen-bond donors (Lipinski definition) is 1. The number of fused-ring (bicyclic) bond motifs is 1. The van der Waals surface area contributed by atoms with E-state index in [4.69, 9.17) is 0 Å². The highest BCUT2D eigenvalue weighted by Crippen LogP contribution is 2.31. The number of amides is 2. The number of halogens is 3. The quantitative estimate of drug-likeness (QED) is 0.666. The Balaban J connectivity index is 1.73. The number of carbonyl (C=O) groups is 2. The van der Waals surface area contributed by atoms with Crippen molar-refractivity contribution in [1.82, 2.24) is 9.97 Å². The second-order valence-electron chi connectivity index (χ2n) is 5.06. The van der Waals surface area contributed by atoms with Gasteiger partial charge in [0.25, 0.3) is 0 Å². The van der Waals surface area contributed by atoms with Crippen LogP contribution in [0.5, 0.6) is 0 Å². The summed E-state index contributed by atoms with van der Waals surface area (Å²) in [4.78, 5) is 32.5. The van der Waals surface area contributed by atoms with Crippen molar-refractivity contribution < 1.29 is 22.8 Å². The van der Waals surface area contributed by atoms with Gasteiger partial charge in [-0.25, -0.2) is 9.97 Å². The molecule has 10 heteroatoms. The smallest absolute Gasteiger partial charge is 0.323 e. The molecule has 0 spiro atoms. The molecule has 1 aliphatic rings. The van der Waals surface area contributed by atoms with Crippen LogP contribution in [-0.2, 0) is 15.8 Å². The van der Waals surface area contributed by atoms with Gasteiger partial charge in [0, 0.05) is 6.20 Å². The molecule has 3 rings (SSSR count). The van der Waals surface area contributed by atoms with E-state index in [1.165, 1.54) is 4.90 Å². The van der Waals surface area contributed by atoms with Gasteiger partial charge in [-0.3, -0.25) is 9.59 Å². The Kier molecular flexibility index (Phi) is 4.62. The second kappa shape index (κ2) is 6.71. The van der Waals surface area contributed by atoms with E-state index in [0.29, 0.717) is 11.4 Å². The van der Waals surface area contributed by atoms with Crippen molar-refractivity contribution >= 4 is 35.0 Å². The summed E-state index contributed by atoms with van der Waals surface area (Å²) in [6, 6.07) is 7.54. The van der Waals surface area contributed by atoms with Gasteiger partial charge >= 0.3 is 6.18 Å². The first kappa shape index (κ1) is 17.2. The molecule has 0 unspecified atom stereocenters. The molecule has 1 aromatic carbocycles. The molecule has 0 aliphatic carbocycles. The Morgan fingerprint density at radius 2 is 2.04 bits per heavy atom. The Morgan fingerprint density at radius 3 is 2.80 bits per heavy atom. The van der Waals surface area contributed by atoms with Gasteiger partial charge in [0.1, 0.15) is 12.2 Å². The Hall–Kier alpha value is -2.62. The van der Waals surface area contributed by atoms with Crippen LogP contribution in [0.3, 0.4) is 0 Å². The second-order valence-corrected chi connectivity index (χ2v) is 6.00. The maximum absolute atomic E-state index is 12.6. The van der Waals surface area contributed by atoms with Crippen molar-refractivity contribution in [2.75, 3.05) is 22.5 Å². The number of benzene rings is 1. The third-order valence-electron chi connectivity index (χ3n) is 3.32. The lowest BCUT2D eigenvalue weighted by Gasteiger charge is -2.28. The van der Waals surface area contributed by atoms with Crippen LogP contribution in [0.2, 0.25) is 0 Å². The first-order valence-electron chi connectivity index (χ1n) is 7.07. The van der Waals surface area contributed by atoms with Gasteiger partial charge in [0.05, 0.1) is 17.1 Å². The van der Waals surface area contributed by atoms with E-state index in [1.54, 1.807) is 24.3 Å². The highest BCUT2D eigenvalue weighted by atomic mass is 32.2. The fraction of sp³-hybridized carbons (Fsp3) is 0.200. The van der Waals surface area contributed by atoms with Gasteiger partial charge in [-0.05, 0) is 18.2 Å². The number of aromatic nitrogens is 2. The van der Waals surface area contributed by atoms with Crippen molar-refractivity contribution in [3.8, 4) is 0 Å². The van der Waals surface area contributed by atoms with Gasteiger partial charge in [0.15, 0.2) is 5.16 Å². The minimum Gasteiger partial charge on any atom is -0.323 e. The molecule has 0 fully saturated rings. The van der Waals surface area contributed by atoms with E-state index >= 15 is 0 Å². The number of nitrogens with zero attached hydrogens (tertiary/aromatic N) is 3. The van der Waals surface area contributed by atoms with Crippen LogP contribution >= 0.6 is 11.8 Å². The predicted molar refractivity (Wildman–Crippen MR) is 85.2 cm³/mol. The maximum atomic E-state index is 12.6. The Morgan fingerprint density at radius 1 is 1.28 bits per heavy atom. The fourth-order valence-corrected chi connectivity index (χ4v) is 2.93. The molecular weight excluding hydrogens is 357 g/mol.